The number of ether oxygens (including phenoxy) is 1. The maximum Gasteiger partial charge on any atom is 0.490 e. The van der Waals surface area contributed by atoms with E-state index in [1.54, 1.807) is 6.08 Å². The van der Waals surface area contributed by atoms with Crippen molar-refractivity contribution in [2.75, 3.05) is 6.61 Å². The minimum Gasteiger partial charge on any atom is -0.400 e. The van der Waals surface area contributed by atoms with Crippen LogP contribution in [0.2, 0.25) is 0 Å². The number of hydrogen-bond donors (Lipinski definition) is 0. The minimum absolute atomic E-state index is 0.0507. The summed E-state index contributed by atoms with van der Waals surface area (Å²) in [6.07, 6.45) is 4.02. The molecule has 0 aromatic heterocycles. The van der Waals surface area contributed by atoms with Gasteiger partial charge in [0, 0.05) is 16.8 Å². The molecule has 0 unspecified atom stereocenters. The van der Waals surface area contributed by atoms with Gasteiger partial charge in [-0.2, -0.15) is 0 Å². The lowest BCUT2D eigenvalue weighted by molar-refractivity contribution is -0.117. The fourth-order valence-corrected chi connectivity index (χ4v) is 4.50. The first-order chi connectivity index (χ1) is 13.1. The van der Waals surface area contributed by atoms with Gasteiger partial charge in [0.25, 0.3) is 0 Å². The van der Waals surface area contributed by atoms with Crippen LogP contribution in [-0.4, -0.2) is 30.7 Å². The summed E-state index contributed by atoms with van der Waals surface area (Å²) in [6.45, 7) is 10.7. The van der Waals surface area contributed by atoms with E-state index in [1.165, 1.54) is 0 Å². The number of rotatable bonds is 2. The molecule has 148 valence electrons. The van der Waals surface area contributed by atoms with E-state index in [4.69, 9.17) is 14.0 Å². The van der Waals surface area contributed by atoms with Crippen LogP contribution in [0.3, 0.4) is 0 Å². The van der Waals surface area contributed by atoms with Gasteiger partial charge in [0.2, 0.25) is 0 Å². The molecule has 2 heterocycles. The fourth-order valence-electron chi connectivity index (χ4n) is 4.23. The van der Waals surface area contributed by atoms with Crippen LogP contribution < -0.4 is 0 Å². The Bertz CT molecular complexity index is 855. The van der Waals surface area contributed by atoms with Crippen molar-refractivity contribution in [3.05, 3.63) is 57.5 Å². The third kappa shape index (κ3) is 3.05. The molecule has 0 amide bonds. The van der Waals surface area contributed by atoms with Crippen LogP contribution in [-0.2, 0) is 24.4 Å². The van der Waals surface area contributed by atoms with Gasteiger partial charge in [-0.15, -0.1) is 0 Å². The second-order valence-electron chi connectivity index (χ2n) is 8.94. The van der Waals surface area contributed by atoms with Crippen molar-refractivity contribution in [2.45, 2.75) is 57.8 Å². The van der Waals surface area contributed by atoms with E-state index in [1.807, 2.05) is 25.1 Å². The van der Waals surface area contributed by atoms with E-state index in [9.17, 15) is 4.79 Å². The van der Waals surface area contributed by atoms with Gasteiger partial charge in [0.05, 0.1) is 17.8 Å². The Hall–Kier alpha value is -1.21. The average Bonchev–Trinajstić information content (AvgIpc) is 3.10. The Kier molecular flexibility index (Phi) is 4.78. The zero-order chi connectivity index (χ0) is 20.3. The van der Waals surface area contributed by atoms with E-state index in [0.717, 1.165) is 21.1 Å². The van der Waals surface area contributed by atoms with Gasteiger partial charge in [0.15, 0.2) is 5.78 Å². The van der Waals surface area contributed by atoms with Crippen molar-refractivity contribution in [3.8, 4) is 0 Å². The van der Waals surface area contributed by atoms with Crippen molar-refractivity contribution in [1.29, 1.82) is 0 Å². The first-order valence-electron chi connectivity index (χ1n) is 9.73. The maximum absolute atomic E-state index is 12.3. The Labute approximate surface area is 175 Å². The van der Waals surface area contributed by atoms with Crippen molar-refractivity contribution in [3.63, 3.8) is 0 Å². The number of carbonyl (C=O) groups is 1. The van der Waals surface area contributed by atoms with Crippen LogP contribution in [0.5, 0.6) is 0 Å². The molecule has 4 rings (SSSR count). The first-order valence-corrected chi connectivity index (χ1v) is 10.5. The van der Waals surface area contributed by atoms with Crippen LogP contribution in [0.4, 0.5) is 0 Å². The molecule has 2 atom stereocenters. The van der Waals surface area contributed by atoms with Gasteiger partial charge in [0.1, 0.15) is 5.60 Å². The van der Waals surface area contributed by atoms with E-state index >= 15 is 0 Å². The third-order valence-corrected chi connectivity index (χ3v) is 7.26. The number of fused-ring (bicyclic) bond motifs is 1. The van der Waals surface area contributed by atoms with Crippen LogP contribution >= 0.6 is 15.9 Å². The number of carbonyl (C=O) groups excluding carboxylic acids is 1. The minimum atomic E-state index is -0.616. The number of allylic oxidation sites excluding steroid dienone is 2. The van der Waals surface area contributed by atoms with Crippen LogP contribution in [0.15, 0.2) is 51.9 Å². The Balaban J connectivity index is 1.75. The molecule has 0 saturated carbocycles. The van der Waals surface area contributed by atoms with Gasteiger partial charge in [-0.3, -0.25) is 4.79 Å². The molecule has 2 saturated heterocycles. The molecular formula is C22H26BBrO4. The molecule has 0 N–H and O–H groups in total. The van der Waals surface area contributed by atoms with Gasteiger partial charge < -0.3 is 14.0 Å². The number of hydrogen-bond acceptors (Lipinski definition) is 4. The number of benzene rings is 1. The summed E-state index contributed by atoms with van der Waals surface area (Å²) in [6, 6.07) is 8.14. The molecule has 2 aliphatic heterocycles. The molecule has 1 aromatic carbocycles. The van der Waals surface area contributed by atoms with E-state index < -0.39 is 23.9 Å². The smallest absolute Gasteiger partial charge is 0.400 e. The molecule has 0 bridgehead atoms. The second kappa shape index (κ2) is 6.66. The Morgan fingerprint density at radius 2 is 1.71 bits per heavy atom. The standard InChI is InChI=1S/C22H26BBrO4/c1-14(23-27-20(2,3)21(4,5)28-23)18-13-26-22(11-10-17(25)12-19(18)22)15-6-8-16(24)9-7-15/h6-11,19H,12-13H2,1-5H3/b18-14-/t19-,22+/m0/s1. The molecular weight excluding hydrogens is 419 g/mol. The average molecular weight is 445 g/mol. The molecule has 4 nitrogen and oxygen atoms in total. The van der Waals surface area contributed by atoms with Crippen LogP contribution in [0.25, 0.3) is 0 Å². The highest BCUT2D eigenvalue weighted by Crippen LogP contribution is 2.51. The van der Waals surface area contributed by atoms with Gasteiger partial charge in [-0.05, 0) is 75.5 Å². The first kappa shape index (κ1) is 20.1. The second-order valence-corrected chi connectivity index (χ2v) is 9.86. The van der Waals surface area contributed by atoms with Crippen molar-refractivity contribution < 1.29 is 18.8 Å². The van der Waals surface area contributed by atoms with Gasteiger partial charge in [-0.1, -0.05) is 28.1 Å². The lowest BCUT2D eigenvalue weighted by Crippen LogP contribution is -2.41. The van der Waals surface area contributed by atoms with E-state index in [-0.39, 0.29) is 11.7 Å². The number of ketones is 1. The van der Waals surface area contributed by atoms with E-state index in [0.29, 0.717) is 13.0 Å². The largest absolute Gasteiger partial charge is 0.490 e. The lowest BCUT2D eigenvalue weighted by Gasteiger charge is -2.34. The topological polar surface area (TPSA) is 44.8 Å². The summed E-state index contributed by atoms with van der Waals surface area (Å²) in [7, 11) is -0.426. The normalized spacial score (nSPS) is 32.6. The maximum atomic E-state index is 12.3. The summed E-state index contributed by atoms with van der Waals surface area (Å²) >= 11 is 3.49. The third-order valence-electron chi connectivity index (χ3n) is 6.74. The molecule has 1 aliphatic carbocycles. The predicted octanol–water partition coefficient (Wildman–Crippen LogP) is 4.77. The molecule has 0 radical (unpaired) electrons. The zero-order valence-corrected chi connectivity index (χ0v) is 18.6. The monoisotopic (exact) mass is 444 g/mol. The quantitative estimate of drug-likeness (QED) is 0.616. The predicted molar refractivity (Wildman–Crippen MR) is 113 cm³/mol. The van der Waals surface area contributed by atoms with Crippen molar-refractivity contribution in [2.24, 2.45) is 5.92 Å². The Morgan fingerprint density at radius 3 is 2.32 bits per heavy atom. The zero-order valence-electron chi connectivity index (χ0n) is 17.0. The molecule has 6 heteroatoms. The highest BCUT2D eigenvalue weighted by atomic mass is 79.9. The fraction of sp³-hybridized carbons (Fsp3) is 0.500. The summed E-state index contributed by atoms with van der Waals surface area (Å²) in [5.74, 6) is 0.0765. The molecule has 3 aliphatic rings. The van der Waals surface area contributed by atoms with Crippen LogP contribution in [0.1, 0.15) is 46.6 Å². The molecule has 2 fully saturated rings. The highest BCUT2D eigenvalue weighted by Gasteiger charge is 2.55. The lowest BCUT2D eigenvalue weighted by atomic mass is 9.67. The summed E-state index contributed by atoms with van der Waals surface area (Å²) < 4.78 is 19.9. The van der Waals surface area contributed by atoms with Crippen molar-refractivity contribution in [1.82, 2.24) is 0 Å². The highest BCUT2D eigenvalue weighted by molar-refractivity contribution is 9.10. The SMILES string of the molecule is C/C(B1OC(C)(C)C(C)(C)O1)=C1\CO[C@@]2(c3ccc(Br)cc3)C=CC(=O)C[C@@H]12. The van der Waals surface area contributed by atoms with Crippen LogP contribution in [0, 0.1) is 5.92 Å². The number of halogens is 1. The summed E-state index contributed by atoms with van der Waals surface area (Å²) in [5, 5.41) is 0. The summed E-state index contributed by atoms with van der Waals surface area (Å²) in [4.78, 5) is 12.3. The molecule has 0 spiro atoms. The molecule has 28 heavy (non-hydrogen) atoms. The van der Waals surface area contributed by atoms with Gasteiger partial charge >= 0.3 is 7.12 Å². The Morgan fingerprint density at radius 1 is 1.11 bits per heavy atom. The van der Waals surface area contributed by atoms with E-state index in [2.05, 4.69) is 55.8 Å². The molecule has 1 aromatic rings. The van der Waals surface area contributed by atoms with Crippen molar-refractivity contribution >= 4 is 28.8 Å². The summed E-state index contributed by atoms with van der Waals surface area (Å²) in [5.41, 5.74) is 1.77. The van der Waals surface area contributed by atoms with Gasteiger partial charge in [-0.25, -0.2) is 0 Å².